The maximum absolute atomic E-state index is 12.7. The molecule has 5 rings (SSSR count). The summed E-state index contributed by atoms with van der Waals surface area (Å²) in [4.78, 5) is 19.5. The number of anilines is 2. The van der Waals surface area contributed by atoms with Crippen LogP contribution in [0.2, 0.25) is 0 Å². The van der Waals surface area contributed by atoms with E-state index in [9.17, 15) is 4.79 Å². The third kappa shape index (κ3) is 5.25. The first-order chi connectivity index (χ1) is 18.7. The number of methoxy groups -OCH3 is 1. The standard InChI is InChI=1S/C31H33N5O2S/c1-20-11-13-21(14-12-20)35-18-8-10-25(35)28-27(24-9-6-7-17-32-24)34-30(39)36(28)22-15-16-23(26(19-22)38-5)33-29(37)31(2,3)4/h6-19,27-28H,1-5H3,(H,33,37)(H,34,39). The zero-order valence-corrected chi connectivity index (χ0v) is 23.6. The van der Waals surface area contributed by atoms with Gasteiger partial charge in [0, 0.05) is 40.9 Å². The number of ether oxygens (including phenoxy) is 1. The minimum Gasteiger partial charge on any atom is -0.494 e. The largest absolute Gasteiger partial charge is 0.494 e. The summed E-state index contributed by atoms with van der Waals surface area (Å²) < 4.78 is 7.91. The molecule has 39 heavy (non-hydrogen) atoms. The second-order valence-corrected chi connectivity index (χ2v) is 11.1. The number of rotatable bonds is 6. The van der Waals surface area contributed by atoms with E-state index in [1.165, 1.54) is 5.56 Å². The van der Waals surface area contributed by atoms with Gasteiger partial charge in [0.2, 0.25) is 5.91 Å². The van der Waals surface area contributed by atoms with E-state index < -0.39 is 5.41 Å². The Balaban J connectivity index is 1.60. The molecule has 0 saturated carbocycles. The van der Waals surface area contributed by atoms with Crippen molar-refractivity contribution in [3.8, 4) is 11.4 Å². The number of aryl methyl sites for hydroxylation is 1. The Morgan fingerprint density at radius 3 is 2.44 bits per heavy atom. The predicted molar refractivity (Wildman–Crippen MR) is 160 cm³/mol. The molecule has 2 N–H and O–H groups in total. The summed E-state index contributed by atoms with van der Waals surface area (Å²) in [7, 11) is 1.60. The maximum Gasteiger partial charge on any atom is 0.229 e. The maximum atomic E-state index is 12.7. The van der Waals surface area contributed by atoms with Crippen LogP contribution >= 0.6 is 12.2 Å². The normalized spacial score (nSPS) is 17.2. The molecule has 2 aromatic carbocycles. The molecule has 0 bridgehead atoms. The summed E-state index contributed by atoms with van der Waals surface area (Å²) >= 11 is 5.93. The SMILES string of the molecule is COc1cc(N2C(=S)NC(c3ccccn3)C2c2cccn2-c2ccc(C)cc2)ccc1NC(=O)C(C)(C)C. The molecule has 2 aromatic heterocycles. The average molecular weight is 540 g/mol. The lowest BCUT2D eigenvalue weighted by molar-refractivity contribution is -0.123. The van der Waals surface area contributed by atoms with E-state index >= 15 is 0 Å². The molecular formula is C31H33N5O2S. The van der Waals surface area contributed by atoms with Gasteiger partial charge >= 0.3 is 0 Å². The van der Waals surface area contributed by atoms with Crippen LogP contribution in [0.5, 0.6) is 5.75 Å². The lowest BCUT2D eigenvalue weighted by Crippen LogP contribution is -2.30. The van der Waals surface area contributed by atoms with Gasteiger partial charge in [-0.2, -0.15) is 0 Å². The third-order valence-corrected chi connectivity index (χ3v) is 7.20. The minimum atomic E-state index is -0.535. The van der Waals surface area contributed by atoms with Crippen LogP contribution in [-0.4, -0.2) is 27.7 Å². The topological polar surface area (TPSA) is 71.4 Å². The molecule has 4 aromatic rings. The summed E-state index contributed by atoms with van der Waals surface area (Å²) in [6, 6.07) is 23.9. The van der Waals surface area contributed by atoms with Gasteiger partial charge in [-0.15, -0.1) is 0 Å². The van der Waals surface area contributed by atoms with Crippen LogP contribution in [-0.2, 0) is 4.79 Å². The first-order valence-electron chi connectivity index (χ1n) is 12.9. The van der Waals surface area contributed by atoms with E-state index in [1.807, 2.05) is 57.2 Å². The molecule has 2 atom stereocenters. The number of benzene rings is 2. The lowest BCUT2D eigenvalue weighted by Gasteiger charge is -2.29. The monoisotopic (exact) mass is 539 g/mol. The van der Waals surface area contributed by atoms with Gasteiger partial charge in [-0.3, -0.25) is 9.78 Å². The smallest absolute Gasteiger partial charge is 0.229 e. The highest BCUT2D eigenvalue weighted by molar-refractivity contribution is 7.80. The Kier molecular flexibility index (Phi) is 7.14. The first-order valence-corrected chi connectivity index (χ1v) is 13.3. The number of carbonyl (C=O) groups is 1. The summed E-state index contributed by atoms with van der Waals surface area (Å²) in [5.74, 6) is 0.470. The van der Waals surface area contributed by atoms with Crippen molar-refractivity contribution in [3.05, 3.63) is 102 Å². The van der Waals surface area contributed by atoms with Crippen LogP contribution in [0, 0.1) is 12.3 Å². The fourth-order valence-corrected chi connectivity index (χ4v) is 5.10. The number of hydrogen-bond acceptors (Lipinski definition) is 4. The molecule has 3 heterocycles. The number of thiocarbonyl (C=S) groups is 1. The predicted octanol–water partition coefficient (Wildman–Crippen LogP) is 6.35. The minimum absolute atomic E-state index is 0.0871. The van der Waals surface area contributed by atoms with Gasteiger partial charge in [0.05, 0.1) is 24.5 Å². The number of hydrogen-bond donors (Lipinski definition) is 2. The molecule has 7 nitrogen and oxygen atoms in total. The van der Waals surface area contributed by atoms with Crippen molar-refractivity contribution in [2.75, 3.05) is 17.3 Å². The van der Waals surface area contributed by atoms with E-state index in [-0.39, 0.29) is 18.0 Å². The fourth-order valence-electron chi connectivity index (χ4n) is 4.75. The number of aromatic nitrogens is 2. The summed E-state index contributed by atoms with van der Waals surface area (Å²) in [5, 5.41) is 7.10. The molecule has 1 fully saturated rings. The van der Waals surface area contributed by atoms with Crippen molar-refractivity contribution in [2.24, 2.45) is 5.41 Å². The Morgan fingerprint density at radius 1 is 1.03 bits per heavy atom. The third-order valence-electron chi connectivity index (χ3n) is 6.89. The van der Waals surface area contributed by atoms with Crippen molar-refractivity contribution in [1.29, 1.82) is 0 Å². The van der Waals surface area contributed by atoms with Crippen LogP contribution in [0.15, 0.2) is 85.2 Å². The average Bonchev–Trinajstić information content (AvgIpc) is 3.53. The molecule has 0 spiro atoms. The van der Waals surface area contributed by atoms with Crippen molar-refractivity contribution in [3.63, 3.8) is 0 Å². The fraction of sp³-hybridized carbons (Fsp3) is 0.258. The van der Waals surface area contributed by atoms with E-state index in [4.69, 9.17) is 17.0 Å². The molecule has 1 amide bonds. The van der Waals surface area contributed by atoms with Crippen LogP contribution in [0.1, 0.15) is 49.8 Å². The second-order valence-electron chi connectivity index (χ2n) is 10.7. The van der Waals surface area contributed by atoms with Crippen molar-refractivity contribution >= 4 is 34.6 Å². The highest BCUT2D eigenvalue weighted by Gasteiger charge is 2.42. The first kappa shape index (κ1) is 26.4. The molecule has 0 aliphatic carbocycles. The zero-order valence-electron chi connectivity index (χ0n) is 22.8. The molecule has 0 radical (unpaired) electrons. The number of nitrogens with one attached hydrogen (secondary N) is 2. The molecule has 1 saturated heterocycles. The molecule has 200 valence electrons. The van der Waals surface area contributed by atoms with Crippen molar-refractivity contribution in [2.45, 2.75) is 39.8 Å². The number of amides is 1. The Bertz CT molecular complexity index is 1490. The van der Waals surface area contributed by atoms with Gasteiger partial charge < -0.3 is 24.8 Å². The van der Waals surface area contributed by atoms with Gasteiger partial charge in [0.25, 0.3) is 0 Å². The van der Waals surface area contributed by atoms with E-state index in [2.05, 4.69) is 74.6 Å². The summed E-state index contributed by atoms with van der Waals surface area (Å²) in [6.07, 6.45) is 3.87. The molecule has 8 heteroatoms. The van der Waals surface area contributed by atoms with Gasteiger partial charge in [-0.25, -0.2) is 0 Å². The van der Waals surface area contributed by atoms with Gasteiger partial charge in [0.15, 0.2) is 5.11 Å². The van der Waals surface area contributed by atoms with Crippen LogP contribution in [0.4, 0.5) is 11.4 Å². The molecule has 1 aliphatic heterocycles. The Hall–Kier alpha value is -4.17. The molecular weight excluding hydrogens is 506 g/mol. The van der Waals surface area contributed by atoms with Crippen LogP contribution < -0.4 is 20.3 Å². The highest BCUT2D eigenvalue weighted by atomic mass is 32.1. The molecule has 2 unspecified atom stereocenters. The summed E-state index contributed by atoms with van der Waals surface area (Å²) in [5.41, 5.74) is 5.15. The Morgan fingerprint density at radius 2 is 1.77 bits per heavy atom. The van der Waals surface area contributed by atoms with Crippen LogP contribution in [0.3, 0.4) is 0 Å². The Labute approximate surface area is 234 Å². The summed E-state index contributed by atoms with van der Waals surface area (Å²) in [6.45, 7) is 7.72. The quantitative estimate of drug-likeness (QED) is 0.278. The van der Waals surface area contributed by atoms with E-state index in [0.29, 0.717) is 16.5 Å². The number of pyridine rings is 1. The highest BCUT2D eigenvalue weighted by Crippen LogP contribution is 2.44. The van der Waals surface area contributed by atoms with Gasteiger partial charge in [-0.1, -0.05) is 44.5 Å². The van der Waals surface area contributed by atoms with Crippen molar-refractivity contribution in [1.82, 2.24) is 14.9 Å². The second kappa shape index (κ2) is 10.5. The number of carbonyl (C=O) groups excluding carboxylic acids is 1. The number of nitrogens with zero attached hydrogens (tertiary/aromatic N) is 3. The van der Waals surface area contributed by atoms with E-state index in [1.54, 1.807) is 13.3 Å². The molecule has 1 aliphatic rings. The van der Waals surface area contributed by atoms with Crippen molar-refractivity contribution < 1.29 is 9.53 Å². The van der Waals surface area contributed by atoms with Gasteiger partial charge in [0.1, 0.15) is 11.8 Å². The van der Waals surface area contributed by atoms with Gasteiger partial charge in [-0.05, 0) is 67.7 Å². The zero-order chi connectivity index (χ0) is 27.7. The lowest BCUT2D eigenvalue weighted by atomic mass is 9.95. The van der Waals surface area contributed by atoms with E-state index in [0.717, 1.165) is 22.8 Å². The van der Waals surface area contributed by atoms with Crippen LogP contribution in [0.25, 0.3) is 5.69 Å².